The Hall–Kier alpha value is -2.53. The van der Waals surface area contributed by atoms with Crippen LogP contribution in [0.2, 0.25) is 0 Å². The normalized spacial score (nSPS) is 24.1. The van der Waals surface area contributed by atoms with Crippen molar-refractivity contribution in [3.8, 4) is 17.2 Å². The van der Waals surface area contributed by atoms with E-state index in [1.165, 1.54) is 6.42 Å². The Morgan fingerprint density at radius 1 is 1.08 bits per heavy atom. The van der Waals surface area contributed by atoms with Crippen molar-refractivity contribution in [1.82, 2.24) is 10.6 Å². The zero-order valence-electron chi connectivity index (χ0n) is 14.2. The van der Waals surface area contributed by atoms with E-state index in [2.05, 4.69) is 10.6 Å². The molecule has 2 aromatic rings. The van der Waals surface area contributed by atoms with Gasteiger partial charge in [0.05, 0.1) is 7.11 Å². The van der Waals surface area contributed by atoms with Gasteiger partial charge in [-0.25, -0.2) is 0 Å². The minimum atomic E-state index is -0.0210. The van der Waals surface area contributed by atoms with E-state index in [0.29, 0.717) is 29.1 Å². The number of benzene rings is 2. The van der Waals surface area contributed by atoms with E-state index in [9.17, 15) is 4.79 Å². The standard InChI is InChI=1S/C20H22N2O3/c1-24-16-3-2-4-17(12-16)25-15-8-5-13(6-9-15)20(23)22-19-11-14-7-10-18(19)21-14/h2-6,8-9,12,14,18-19,21H,7,10-11H2,1H3,(H,22,23)/t14-,18+,19-/m1/s1. The molecule has 130 valence electrons. The lowest BCUT2D eigenvalue weighted by Crippen LogP contribution is -2.42. The molecule has 2 heterocycles. The van der Waals surface area contributed by atoms with Crippen molar-refractivity contribution in [2.75, 3.05) is 7.11 Å². The van der Waals surface area contributed by atoms with E-state index in [1.54, 1.807) is 19.2 Å². The second kappa shape index (κ2) is 6.76. The molecule has 25 heavy (non-hydrogen) atoms. The summed E-state index contributed by atoms with van der Waals surface area (Å²) in [6.45, 7) is 0. The highest BCUT2D eigenvalue weighted by Gasteiger charge is 2.39. The summed E-state index contributed by atoms with van der Waals surface area (Å²) in [6, 6.07) is 15.9. The van der Waals surface area contributed by atoms with Crippen molar-refractivity contribution in [3.63, 3.8) is 0 Å². The Labute approximate surface area is 147 Å². The van der Waals surface area contributed by atoms with E-state index >= 15 is 0 Å². The molecule has 0 unspecified atom stereocenters. The molecule has 0 spiro atoms. The van der Waals surface area contributed by atoms with Crippen LogP contribution in [-0.2, 0) is 0 Å². The Bertz CT molecular complexity index is 760. The predicted molar refractivity (Wildman–Crippen MR) is 95.3 cm³/mol. The van der Waals surface area contributed by atoms with Gasteiger partial charge in [0.2, 0.25) is 0 Å². The lowest BCUT2D eigenvalue weighted by molar-refractivity contribution is 0.0931. The second-order valence-corrected chi connectivity index (χ2v) is 6.67. The lowest BCUT2D eigenvalue weighted by Gasteiger charge is -2.21. The van der Waals surface area contributed by atoms with E-state index in [1.807, 2.05) is 36.4 Å². The van der Waals surface area contributed by atoms with Gasteiger partial charge < -0.3 is 20.1 Å². The van der Waals surface area contributed by atoms with E-state index in [4.69, 9.17) is 9.47 Å². The average molecular weight is 338 g/mol. The molecular formula is C20H22N2O3. The molecule has 2 bridgehead atoms. The number of rotatable bonds is 5. The minimum absolute atomic E-state index is 0.0210. The molecule has 2 aromatic carbocycles. The van der Waals surface area contributed by atoms with Gasteiger partial charge in [-0.2, -0.15) is 0 Å². The van der Waals surface area contributed by atoms with Crippen LogP contribution in [0.5, 0.6) is 17.2 Å². The number of methoxy groups -OCH3 is 1. The fraction of sp³-hybridized carbons (Fsp3) is 0.350. The summed E-state index contributed by atoms with van der Waals surface area (Å²) >= 11 is 0. The molecule has 5 nitrogen and oxygen atoms in total. The summed E-state index contributed by atoms with van der Waals surface area (Å²) in [4.78, 5) is 12.4. The van der Waals surface area contributed by atoms with Crippen LogP contribution in [0.15, 0.2) is 48.5 Å². The van der Waals surface area contributed by atoms with Crippen LogP contribution in [0.3, 0.4) is 0 Å². The summed E-state index contributed by atoms with van der Waals surface area (Å²) in [6.07, 6.45) is 3.42. The van der Waals surface area contributed by atoms with Crippen LogP contribution < -0.4 is 20.1 Å². The highest BCUT2D eigenvalue weighted by Crippen LogP contribution is 2.29. The smallest absolute Gasteiger partial charge is 0.251 e. The van der Waals surface area contributed by atoms with Crippen LogP contribution in [0.4, 0.5) is 0 Å². The van der Waals surface area contributed by atoms with Crippen LogP contribution in [0.1, 0.15) is 29.6 Å². The molecule has 0 aliphatic carbocycles. The molecule has 2 aliphatic heterocycles. The number of hydrogen-bond acceptors (Lipinski definition) is 4. The third kappa shape index (κ3) is 3.46. The highest BCUT2D eigenvalue weighted by molar-refractivity contribution is 5.94. The first-order valence-corrected chi connectivity index (χ1v) is 8.70. The molecule has 0 aromatic heterocycles. The average Bonchev–Trinajstić information content (AvgIpc) is 3.25. The van der Waals surface area contributed by atoms with Crippen molar-refractivity contribution in [3.05, 3.63) is 54.1 Å². The van der Waals surface area contributed by atoms with E-state index in [-0.39, 0.29) is 11.9 Å². The molecule has 0 saturated carbocycles. The Morgan fingerprint density at radius 3 is 2.56 bits per heavy atom. The van der Waals surface area contributed by atoms with E-state index < -0.39 is 0 Å². The Balaban J connectivity index is 1.38. The first-order chi connectivity index (χ1) is 12.2. The minimum Gasteiger partial charge on any atom is -0.497 e. The van der Waals surface area contributed by atoms with Gasteiger partial charge in [0.15, 0.2) is 0 Å². The van der Waals surface area contributed by atoms with Crippen molar-refractivity contribution in [2.45, 2.75) is 37.4 Å². The first-order valence-electron chi connectivity index (χ1n) is 8.70. The molecule has 0 radical (unpaired) electrons. The maximum absolute atomic E-state index is 12.4. The van der Waals surface area contributed by atoms with Gasteiger partial charge in [-0.05, 0) is 55.7 Å². The number of ether oxygens (including phenoxy) is 2. The van der Waals surface area contributed by atoms with Crippen molar-refractivity contribution >= 4 is 5.91 Å². The monoisotopic (exact) mass is 338 g/mol. The summed E-state index contributed by atoms with van der Waals surface area (Å²) < 4.78 is 11.0. The number of amides is 1. The van der Waals surface area contributed by atoms with Gasteiger partial charge in [-0.15, -0.1) is 0 Å². The van der Waals surface area contributed by atoms with Crippen molar-refractivity contribution in [1.29, 1.82) is 0 Å². The summed E-state index contributed by atoms with van der Waals surface area (Å²) in [5.74, 6) is 2.11. The predicted octanol–water partition coefficient (Wildman–Crippen LogP) is 3.11. The van der Waals surface area contributed by atoms with Crippen LogP contribution >= 0.6 is 0 Å². The molecule has 2 fully saturated rings. The largest absolute Gasteiger partial charge is 0.497 e. The molecular weight excluding hydrogens is 316 g/mol. The molecule has 2 saturated heterocycles. The molecule has 4 rings (SSSR count). The zero-order valence-corrected chi connectivity index (χ0v) is 14.2. The molecule has 5 heteroatoms. The number of nitrogens with one attached hydrogen (secondary N) is 2. The van der Waals surface area contributed by atoms with Gasteiger partial charge in [0.25, 0.3) is 5.91 Å². The SMILES string of the molecule is COc1cccc(Oc2ccc(C(=O)N[C@@H]3C[C@H]4CC[C@@H]3N4)cc2)c1. The fourth-order valence-electron chi connectivity index (χ4n) is 3.71. The third-order valence-electron chi connectivity index (χ3n) is 5.01. The maximum atomic E-state index is 12.4. The van der Waals surface area contributed by atoms with Crippen LogP contribution in [0, 0.1) is 0 Å². The summed E-state index contributed by atoms with van der Waals surface area (Å²) in [5, 5.41) is 6.69. The van der Waals surface area contributed by atoms with Crippen molar-refractivity contribution in [2.24, 2.45) is 0 Å². The van der Waals surface area contributed by atoms with E-state index in [0.717, 1.165) is 18.6 Å². The molecule has 1 amide bonds. The van der Waals surface area contributed by atoms with Gasteiger partial charge >= 0.3 is 0 Å². The maximum Gasteiger partial charge on any atom is 0.251 e. The zero-order chi connectivity index (χ0) is 17.2. The van der Waals surface area contributed by atoms with Gasteiger partial charge in [0, 0.05) is 29.8 Å². The molecule has 3 atom stereocenters. The Morgan fingerprint density at radius 2 is 1.88 bits per heavy atom. The number of carbonyl (C=O) groups excluding carboxylic acids is 1. The first kappa shape index (κ1) is 16.0. The number of carbonyl (C=O) groups is 1. The lowest BCUT2D eigenvalue weighted by atomic mass is 9.95. The molecule has 2 N–H and O–H groups in total. The molecule has 2 aliphatic rings. The Kier molecular flexibility index (Phi) is 4.32. The number of hydrogen-bond donors (Lipinski definition) is 2. The number of fused-ring (bicyclic) bond motifs is 2. The van der Waals surface area contributed by atoms with Gasteiger partial charge in [0.1, 0.15) is 17.2 Å². The second-order valence-electron chi connectivity index (χ2n) is 6.67. The fourth-order valence-corrected chi connectivity index (χ4v) is 3.71. The van der Waals surface area contributed by atoms with Crippen molar-refractivity contribution < 1.29 is 14.3 Å². The van der Waals surface area contributed by atoms with Crippen LogP contribution in [-0.4, -0.2) is 31.1 Å². The summed E-state index contributed by atoms with van der Waals surface area (Å²) in [5.41, 5.74) is 0.653. The summed E-state index contributed by atoms with van der Waals surface area (Å²) in [7, 11) is 1.62. The quantitative estimate of drug-likeness (QED) is 0.879. The highest BCUT2D eigenvalue weighted by atomic mass is 16.5. The third-order valence-corrected chi connectivity index (χ3v) is 5.01. The topological polar surface area (TPSA) is 59.6 Å². The van der Waals surface area contributed by atoms with Gasteiger partial charge in [-0.3, -0.25) is 4.79 Å². The van der Waals surface area contributed by atoms with Gasteiger partial charge in [-0.1, -0.05) is 6.07 Å². The van der Waals surface area contributed by atoms with Crippen LogP contribution in [0.25, 0.3) is 0 Å².